The summed E-state index contributed by atoms with van der Waals surface area (Å²) in [5, 5.41) is 3.42. The summed E-state index contributed by atoms with van der Waals surface area (Å²) in [6.45, 7) is 8.70. The molecule has 0 aromatic heterocycles. The first-order valence-electron chi connectivity index (χ1n) is 5.57. The van der Waals surface area contributed by atoms with Gasteiger partial charge in [0.25, 0.3) is 0 Å². The molecule has 1 rings (SSSR count). The molecule has 0 aliphatic carbocycles. The Balaban J connectivity index is 2.60. The Hall–Kier alpha value is -0.820. The first kappa shape index (κ1) is 11.3. The van der Waals surface area contributed by atoms with Crippen LogP contribution in [0.4, 0.5) is 0 Å². The summed E-state index contributed by atoms with van der Waals surface area (Å²) in [6.07, 6.45) is 2.33. The summed E-state index contributed by atoms with van der Waals surface area (Å²) in [5.41, 5.74) is 4.29. The normalized spacial score (nSPS) is 10.5. The Bertz CT molecular complexity index is 279. The third-order valence-electron chi connectivity index (χ3n) is 2.55. The maximum absolute atomic E-state index is 3.42. The molecule has 0 fully saturated rings. The van der Waals surface area contributed by atoms with Crippen molar-refractivity contribution in [2.75, 3.05) is 6.54 Å². The average Bonchev–Trinajstić information content (AvgIpc) is 2.21. The second kappa shape index (κ2) is 5.82. The van der Waals surface area contributed by atoms with Crippen molar-refractivity contribution in [2.45, 2.75) is 40.2 Å². The van der Waals surface area contributed by atoms with Crippen LogP contribution in [0, 0.1) is 6.92 Å². The molecule has 0 heterocycles. The van der Waals surface area contributed by atoms with Gasteiger partial charge in [0.05, 0.1) is 0 Å². The van der Waals surface area contributed by atoms with Crippen LogP contribution in [0.15, 0.2) is 18.2 Å². The molecule has 1 nitrogen and oxygen atoms in total. The van der Waals surface area contributed by atoms with Crippen molar-refractivity contribution in [3.63, 3.8) is 0 Å². The van der Waals surface area contributed by atoms with Gasteiger partial charge >= 0.3 is 0 Å². The lowest BCUT2D eigenvalue weighted by Crippen LogP contribution is -2.13. The lowest BCUT2D eigenvalue weighted by molar-refractivity contribution is 0.675. The van der Waals surface area contributed by atoms with E-state index in [0.29, 0.717) is 0 Å². The predicted octanol–water partition coefficient (Wildman–Crippen LogP) is 3.06. The highest BCUT2D eigenvalue weighted by molar-refractivity contribution is 5.31. The molecule has 0 aliphatic rings. The lowest BCUT2D eigenvalue weighted by atomic mass is 10.0. The van der Waals surface area contributed by atoms with E-state index in [1.165, 1.54) is 23.1 Å². The molecule has 0 spiro atoms. The summed E-state index contributed by atoms with van der Waals surface area (Å²) in [4.78, 5) is 0. The van der Waals surface area contributed by atoms with Crippen molar-refractivity contribution in [3.05, 3.63) is 34.9 Å². The van der Waals surface area contributed by atoms with Crippen molar-refractivity contribution in [2.24, 2.45) is 0 Å². The Morgan fingerprint density at radius 3 is 2.64 bits per heavy atom. The average molecular weight is 191 g/mol. The Labute approximate surface area is 87.5 Å². The van der Waals surface area contributed by atoms with Gasteiger partial charge in [0.15, 0.2) is 0 Å². The predicted molar refractivity (Wildman–Crippen MR) is 62.6 cm³/mol. The van der Waals surface area contributed by atoms with Gasteiger partial charge in [-0.3, -0.25) is 0 Å². The molecule has 0 atom stereocenters. The second-order valence-corrected chi connectivity index (χ2v) is 3.79. The van der Waals surface area contributed by atoms with Crippen molar-refractivity contribution >= 4 is 0 Å². The van der Waals surface area contributed by atoms with Crippen LogP contribution in [-0.4, -0.2) is 6.54 Å². The van der Waals surface area contributed by atoms with E-state index in [-0.39, 0.29) is 0 Å². The maximum Gasteiger partial charge on any atom is 0.0205 e. The number of aryl methyl sites for hydroxylation is 2. The Morgan fingerprint density at radius 2 is 2.00 bits per heavy atom. The number of benzene rings is 1. The summed E-state index contributed by atoms with van der Waals surface area (Å²) in [7, 11) is 0. The molecule has 1 heteroatoms. The highest BCUT2D eigenvalue weighted by atomic mass is 14.8. The first-order valence-corrected chi connectivity index (χ1v) is 5.57. The van der Waals surface area contributed by atoms with Crippen LogP contribution in [0.2, 0.25) is 0 Å². The van der Waals surface area contributed by atoms with Crippen LogP contribution in [0.25, 0.3) is 0 Å². The van der Waals surface area contributed by atoms with Gasteiger partial charge in [-0.25, -0.2) is 0 Å². The second-order valence-electron chi connectivity index (χ2n) is 3.79. The van der Waals surface area contributed by atoms with Crippen molar-refractivity contribution < 1.29 is 0 Å². The van der Waals surface area contributed by atoms with Gasteiger partial charge in [-0.05, 0) is 43.0 Å². The fourth-order valence-corrected chi connectivity index (χ4v) is 1.63. The van der Waals surface area contributed by atoms with E-state index in [2.05, 4.69) is 44.3 Å². The molecule has 0 saturated carbocycles. The summed E-state index contributed by atoms with van der Waals surface area (Å²) >= 11 is 0. The van der Waals surface area contributed by atoms with E-state index in [4.69, 9.17) is 0 Å². The van der Waals surface area contributed by atoms with Crippen molar-refractivity contribution in [3.8, 4) is 0 Å². The molecular formula is C13H21N. The highest BCUT2D eigenvalue weighted by Gasteiger charge is 1.97. The van der Waals surface area contributed by atoms with Crippen molar-refractivity contribution in [1.29, 1.82) is 0 Å². The Morgan fingerprint density at radius 1 is 1.21 bits per heavy atom. The molecule has 0 saturated heterocycles. The molecular weight excluding hydrogens is 170 g/mol. The van der Waals surface area contributed by atoms with E-state index in [9.17, 15) is 0 Å². The number of hydrogen-bond donors (Lipinski definition) is 1. The minimum absolute atomic E-state index is 1.00. The molecule has 1 aromatic carbocycles. The third-order valence-corrected chi connectivity index (χ3v) is 2.55. The standard InChI is InChI=1S/C13H21N/c1-4-8-14-10-12-7-6-11(3)13(5-2)9-12/h6-7,9,14H,4-5,8,10H2,1-3H3. The molecule has 0 aliphatic heterocycles. The van der Waals surface area contributed by atoms with Crippen LogP contribution in [0.3, 0.4) is 0 Å². The van der Waals surface area contributed by atoms with Gasteiger partial charge < -0.3 is 5.32 Å². The van der Waals surface area contributed by atoms with Crippen LogP contribution in [0.5, 0.6) is 0 Å². The van der Waals surface area contributed by atoms with E-state index in [1.807, 2.05) is 0 Å². The molecule has 1 N–H and O–H groups in total. The van der Waals surface area contributed by atoms with Gasteiger partial charge in [0, 0.05) is 6.54 Å². The van der Waals surface area contributed by atoms with Gasteiger partial charge in [0.2, 0.25) is 0 Å². The number of rotatable bonds is 5. The SMILES string of the molecule is CCCNCc1ccc(C)c(CC)c1. The largest absolute Gasteiger partial charge is 0.313 e. The monoisotopic (exact) mass is 191 g/mol. The first-order chi connectivity index (χ1) is 6.77. The van der Waals surface area contributed by atoms with Crippen LogP contribution in [-0.2, 0) is 13.0 Å². The molecule has 78 valence electrons. The van der Waals surface area contributed by atoms with Crippen LogP contribution in [0.1, 0.15) is 37.0 Å². The molecule has 0 radical (unpaired) electrons. The number of nitrogens with one attached hydrogen (secondary N) is 1. The zero-order valence-corrected chi connectivity index (χ0v) is 9.56. The Kier molecular flexibility index (Phi) is 4.68. The van der Waals surface area contributed by atoms with E-state index < -0.39 is 0 Å². The fraction of sp³-hybridized carbons (Fsp3) is 0.538. The molecule has 0 amide bonds. The van der Waals surface area contributed by atoms with Crippen LogP contribution >= 0.6 is 0 Å². The highest BCUT2D eigenvalue weighted by Crippen LogP contribution is 2.11. The molecule has 14 heavy (non-hydrogen) atoms. The van der Waals surface area contributed by atoms with E-state index in [1.54, 1.807) is 0 Å². The molecule has 0 unspecified atom stereocenters. The minimum Gasteiger partial charge on any atom is -0.313 e. The lowest BCUT2D eigenvalue weighted by Gasteiger charge is -2.07. The van der Waals surface area contributed by atoms with Gasteiger partial charge in [-0.15, -0.1) is 0 Å². The molecule has 1 aromatic rings. The van der Waals surface area contributed by atoms with Gasteiger partial charge in [-0.2, -0.15) is 0 Å². The molecule has 0 bridgehead atoms. The smallest absolute Gasteiger partial charge is 0.0205 e. The zero-order chi connectivity index (χ0) is 10.4. The van der Waals surface area contributed by atoms with Crippen molar-refractivity contribution in [1.82, 2.24) is 5.32 Å². The fourth-order valence-electron chi connectivity index (χ4n) is 1.63. The summed E-state index contributed by atoms with van der Waals surface area (Å²) in [5.74, 6) is 0. The topological polar surface area (TPSA) is 12.0 Å². The number of hydrogen-bond acceptors (Lipinski definition) is 1. The zero-order valence-electron chi connectivity index (χ0n) is 9.56. The quantitative estimate of drug-likeness (QED) is 0.705. The summed E-state index contributed by atoms with van der Waals surface area (Å²) < 4.78 is 0. The van der Waals surface area contributed by atoms with Gasteiger partial charge in [-0.1, -0.05) is 32.0 Å². The minimum atomic E-state index is 1.00. The van der Waals surface area contributed by atoms with Crippen LogP contribution < -0.4 is 5.32 Å². The van der Waals surface area contributed by atoms with E-state index >= 15 is 0 Å². The third kappa shape index (κ3) is 3.15. The summed E-state index contributed by atoms with van der Waals surface area (Å²) in [6, 6.07) is 6.76. The maximum atomic E-state index is 3.42. The van der Waals surface area contributed by atoms with Gasteiger partial charge in [0.1, 0.15) is 0 Å². The van der Waals surface area contributed by atoms with E-state index in [0.717, 1.165) is 19.5 Å².